The lowest BCUT2D eigenvalue weighted by molar-refractivity contribution is 0.124. The molecule has 0 amide bonds. The van der Waals surface area contributed by atoms with Crippen LogP contribution >= 0.6 is 23.6 Å². The van der Waals surface area contributed by atoms with Crippen molar-refractivity contribution in [2.24, 2.45) is 5.73 Å². The third-order valence-corrected chi connectivity index (χ3v) is 4.74. The quantitative estimate of drug-likeness (QED) is 0.832. The summed E-state index contributed by atoms with van der Waals surface area (Å²) in [6, 6.07) is 2.45. The molecular weight excluding hydrogens is 262 g/mol. The largest absolute Gasteiger partial charge is 0.392 e. The van der Waals surface area contributed by atoms with Crippen LogP contribution < -0.4 is 5.73 Å². The number of thiophene rings is 1. The third-order valence-electron chi connectivity index (χ3n) is 3.66. The van der Waals surface area contributed by atoms with Gasteiger partial charge in [0.15, 0.2) is 0 Å². The first kappa shape index (κ1) is 13.9. The fraction of sp³-hybridized carbons (Fsp3) is 0.615. The van der Waals surface area contributed by atoms with Crippen molar-refractivity contribution < 1.29 is 0 Å². The summed E-state index contributed by atoms with van der Waals surface area (Å²) in [6.45, 7) is 7.65. The first-order valence-corrected chi connectivity index (χ1v) is 7.78. The van der Waals surface area contributed by atoms with Gasteiger partial charge in [-0.25, -0.2) is 0 Å². The van der Waals surface area contributed by atoms with E-state index in [0.29, 0.717) is 4.99 Å². The first-order chi connectivity index (χ1) is 8.66. The summed E-state index contributed by atoms with van der Waals surface area (Å²) >= 11 is 6.84. The van der Waals surface area contributed by atoms with Crippen molar-refractivity contribution in [2.75, 3.05) is 32.7 Å². The molecule has 1 aliphatic rings. The van der Waals surface area contributed by atoms with Crippen LogP contribution in [0, 0.1) is 0 Å². The molecule has 5 heteroatoms. The van der Waals surface area contributed by atoms with E-state index in [4.69, 9.17) is 18.0 Å². The Labute approximate surface area is 119 Å². The molecule has 2 heterocycles. The van der Waals surface area contributed by atoms with Crippen LogP contribution in [0.1, 0.15) is 12.5 Å². The lowest BCUT2D eigenvalue weighted by atomic mass is 10.2. The number of rotatable bonds is 5. The minimum absolute atomic E-state index is 0.235. The number of piperazine rings is 1. The van der Waals surface area contributed by atoms with Crippen molar-refractivity contribution in [1.82, 2.24) is 9.80 Å². The molecule has 1 fully saturated rings. The van der Waals surface area contributed by atoms with Crippen molar-refractivity contribution in [2.45, 2.75) is 19.4 Å². The van der Waals surface area contributed by atoms with Crippen LogP contribution in [0.4, 0.5) is 0 Å². The van der Waals surface area contributed by atoms with Crippen molar-refractivity contribution in [3.63, 3.8) is 0 Å². The molecule has 0 bridgehead atoms. The Hall–Kier alpha value is -0.490. The fourth-order valence-corrected chi connectivity index (χ4v) is 3.13. The first-order valence-electron chi connectivity index (χ1n) is 6.43. The van der Waals surface area contributed by atoms with E-state index in [-0.39, 0.29) is 6.04 Å². The zero-order chi connectivity index (χ0) is 13.0. The van der Waals surface area contributed by atoms with Crippen LogP contribution in [0.3, 0.4) is 0 Å². The number of hydrogen-bond acceptors (Lipinski definition) is 4. The zero-order valence-electron chi connectivity index (χ0n) is 10.8. The molecule has 1 atom stereocenters. The van der Waals surface area contributed by atoms with Gasteiger partial charge in [-0.1, -0.05) is 12.2 Å². The van der Waals surface area contributed by atoms with Crippen LogP contribution in [0.25, 0.3) is 0 Å². The molecule has 100 valence electrons. The second-order valence-electron chi connectivity index (χ2n) is 4.84. The highest BCUT2D eigenvalue weighted by Gasteiger charge is 2.21. The van der Waals surface area contributed by atoms with Crippen molar-refractivity contribution in [3.05, 3.63) is 22.4 Å². The van der Waals surface area contributed by atoms with Gasteiger partial charge in [0, 0.05) is 32.7 Å². The smallest absolute Gasteiger partial charge is 0.0899 e. The topological polar surface area (TPSA) is 32.5 Å². The summed E-state index contributed by atoms with van der Waals surface area (Å²) in [7, 11) is 0. The maximum atomic E-state index is 5.70. The van der Waals surface area contributed by atoms with Gasteiger partial charge in [-0.05, 0) is 35.7 Å². The molecule has 1 unspecified atom stereocenters. The van der Waals surface area contributed by atoms with E-state index in [1.807, 2.05) is 0 Å². The van der Waals surface area contributed by atoms with Gasteiger partial charge in [0.2, 0.25) is 0 Å². The van der Waals surface area contributed by atoms with Crippen LogP contribution in [-0.2, 0) is 6.42 Å². The number of nitrogens with zero attached hydrogens (tertiary/aromatic N) is 2. The second-order valence-corrected chi connectivity index (χ2v) is 6.09. The molecule has 1 saturated heterocycles. The molecule has 1 aromatic heterocycles. The standard InChI is InChI=1S/C13H21N3S2/c1-11(13(14)17)16-7-5-15(6-8-16)4-2-12-3-9-18-10-12/h3,9-11H,2,4-8H2,1H3,(H2,14,17). The second kappa shape index (κ2) is 6.61. The fourth-order valence-electron chi connectivity index (χ4n) is 2.28. The van der Waals surface area contributed by atoms with E-state index in [0.717, 1.165) is 39.1 Å². The Balaban J connectivity index is 1.72. The average Bonchev–Trinajstić information content (AvgIpc) is 2.89. The monoisotopic (exact) mass is 283 g/mol. The van der Waals surface area contributed by atoms with Gasteiger partial charge < -0.3 is 10.6 Å². The molecule has 0 saturated carbocycles. The van der Waals surface area contributed by atoms with E-state index in [1.54, 1.807) is 11.3 Å². The molecule has 2 N–H and O–H groups in total. The Morgan fingerprint density at radius 1 is 1.44 bits per heavy atom. The summed E-state index contributed by atoms with van der Waals surface area (Å²) in [5.41, 5.74) is 7.16. The Morgan fingerprint density at radius 2 is 2.17 bits per heavy atom. The molecule has 1 aliphatic heterocycles. The highest BCUT2D eigenvalue weighted by atomic mass is 32.1. The third kappa shape index (κ3) is 3.75. The number of hydrogen-bond donors (Lipinski definition) is 1. The predicted molar refractivity (Wildman–Crippen MR) is 82.3 cm³/mol. The minimum Gasteiger partial charge on any atom is -0.392 e. The maximum Gasteiger partial charge on any atom is 0.0899 e. The predicted octanol–water partition coefficient (Wildman–Crippen LogP) is 1.58. The van der Waals surface area contributed by atoms with Gasteiger partial charge in [-0.15, -0.1) is 0 Å². The van der Waals surface area contributed by atoms with E-state index >= 15 is 0 Å². The van der Waals surface area contributed by atoms with Gasteiger partial charge in [0.25, 0.3) is 0 Å². The van der Waals surface area contributed by atoms with Crippen molar-refractivity contribution in [3.8, 4) is 0 Å². The van der Waals surface area contributed by atoms with Gasteiger partial charge in [-0.2, -0.15) is 11.3 Å². The molecule has 0 spiro atoms. The zero-order valence-corrected chi connectivity index (χ0v) is 12.5. The van der Waals surface area contributed by atoms with Gasteiger partial charge in [0.05, 0.1) is 11.0 Å². The summed E-state index contributed by atoms with van der Waals surface area (Å²) in [6.07, 6.45) is 1.16. The lowest BCUT2D eigenvalue weighted by Crippen LogP contribution is -2.52. The van der Waals surface area contributed by atoms with Crippen LogP contribution in [0.2, 0.25) is 0 Å². The molecule has 18 heavy (non-hydrogen) atoms. The number of nitrogens with two attached hydrogens (primary N) is 1. The highest BCUT2D eigenvalue weighted by Crippen LogP contribution is 2.10. The Morgan fingerprint density at radius 3 is 2.72 bits per heavy atom. The van der Waals surface area contributed by atoms with Crippen LogP contribution in [0.5, 0.6) is 0 Å². The highest BCUT2D eigenvalue weighted by molar-refractivity contribution is 7.80. The van der Waals surface area contributed by atoms with Crippen molar-refractivity contribution >= 4 is 28.5 Å². The normalized spacial score (nSPS) is 19.8. The maximum absolute atomic E-state index is 5.70. The van der Waals surface area contributed by atoms with Gasteiger partial charge >= 0.3 is 0 Å². The summed E-state index contributed by atoms with van der Waals surface area (Å²) in [5.74, 6) is 0. The van der Waals surface area contributed by atoms with Crippen LogP contribution in [-0.4, -0.2) is 53.6 Å². The van der Waals surface area contributed by atoms with E-state index < -0.39 is 0 Å². The average molecular weight is 283 g/mol. The van der Waals surface area contributed by atoms with E-state index in [9.17, 15) is 0 Å². The molecule has 3 nitrogen and oxygen atoms in total. The molecule has 1 aromatic rings. The van der Waals surface area contributed by atoms with E-state index in [1.165, 1.54) is 5.56 Å². The van der Waals surface area contributed by atoms with Gasteiger partial charge in [0.1, 0.15) is 0 Å². The summed E-state index contributed by atoms with van der Waals surface area (Å²) < 4.78 is 0. The summed E-state index contributed by atoms with van der Waals surface area (Å²) in [5, 5.41) is 4.39. The molecule has 0 aromatic carbocycles. The molecule has 0 aliphatic carbocycles. The lowest BCUT2D eigenvalue weighted by Gasteiger charge is -2.37. The summed E-state index contributed by atoms with van der Waals surface area (Å²) in [4.78, 5) is 5.52. The van der Waals surface area contributed by atoms with E-state index in [2.05, 4.69) is 33.6 Å². The SMILES string of the molecule is CC(C(N)=S)N1CCN(CCc2ccsc2)CC1. The van der Waals surface area contributed by atoms with Gasteiger partial charge in [-0.3, -0.25) is 4.90 Å². The Kier molecular flexibility index (Phi) is 5.12. The van der Waals surface area contributed by atoms with Crippen LogP contribution in [0.15, 0.2) is 16.8 Å². The molecule has 2 rings (SSSR count). The Bertz CT molecular complexity index is 370. The van der Waals surface area contributed by atoms with Crippen molar-refractivity contribution in [1.29, 1.82) is 0 Å². The molecular formula is C13H21N3S2. The minimum atomic E-state index is 0.235. The number of thiocarbonyl (C=S) groups is 1. The molecule has 0 radical (unpaired) electrons.